The Bertz CT molecular complexity index is 531. The molecule has 1 N–H and O–H groups in total. The zero-order valence-corrected chi connectivity index (χ0v) is 13.6. The van der Waals surface area contributed by atoms with Gasteiger partial charge in [-0.15, -0.1) is 11.3 Å². The fraction of sp³-hybridized carbons (Fsp3) is 0.375. The Kier molecular flexibility index (Phi) is 5.46. The zero-order chi connectivity index (χ0) is 14.5. The van der Waals surface area contributed by atoms with Crippen LogP contribution in [0.25, 0.3) is 0 Å². The number of thiophene rings is 1. The molecule has 0 fully saturated rings. The summed E-state index contributed by atoms with van der Waals surface area (Å²) in [5.74, 6) is 0.902. The van der Waals surface area contributed by atoms with Gasteiger partial charge in [-0.25, -0.2) is 0 Å². The maximum absolute atomic E-state index is 6.16. The van der Waals surface area contributed by atoms with Crippen molar-refractivity contribution in [1.29, 1.82) is 0 Å². The largest absolute Gasteiger partial charge is 0.497 e. The van der Waals surface area contributed by atoms with Crippen molar-refractivity contribution in [1.82, 2.24) is 5.32 Å². The summed E-state index contributed by atoms with van der Waals surface area (Å²) in [6.07, 6.45) is 2.09. The molecule has 0 saturated heterocycles. The van der Waals surface area contributed by atoms with Crippen molar-refractivity contribution in [3.8, 4) is 5.75 Å². The Morgan fingerprint density at radius 3 is 2.50 bits per heavy atom. The molecule has 0 amide bonds. The number of aryl methyl sites for hydroxylation is 2. The molecule has 1 atom stereocenters. The van der Waals surface area contributed by atoms with Gasteiger partial charge in [0.05, 0.1) is 11.4 Å². The van der Waals surface area contributed by atoms with Crippen LogP contribution in [0.5, 0.6) is 5.75 Å². The van der Waals surface area contributed by atoms with Crippen LogP contribution in [-0.2, 0) is 6.42 Å². The highest BCUT2D eigenvalue weighted by molar-refractivity contribution is 7.16. The van der Waals surface area contributed by atoms with E-state index in [2.05, 4.69) is 30.4 Å². The number of rotatable bonds is 6. The average molecular weight is 310 g/mol. The van der Waals surface area contributed by atoms with E-state index in [0.29, 0.717) is 6.04 Å². The number of benzene rings is 1. The molecule has 108 valence electrons. The molecule has 4 heteroatoms. The minimum Gasteiger partial charge on any atom is -0.497 e. The predicted octanol–water partition coefficient (Wildman–Crippen LogP) is 4.61. The maximum Gasteiger partial charge on any atom is 0.118 e. The molecule has 0 bridgehead atoms. The van der Waals surface area contributed by atoms with Crippen LogP contribution in [0.3, 0.4) is 0 Å². The van der Waals surface area contributed by atoms with Crippen LogP contribution in [0.1, 0.15) is 28.5 Å². The summed E-state index contributed by atoms with van der Waals surface area (Å²) in [7, 11) is 3.69. The molecule has 0 aliphatic carbocycles. The quantitative estimate of drug-likeness (QED) is 0.841. The van der Waals surface area contributed by atoms with Crippen molar-refractivity contribution in [2.45, 2.75) is 25.8 Å². The molecule has 2 rings (SSSR count). The highest BCUT2D eigenvalue weighted by Gasteiger charge is 2.13. The molecule has 2 aromatic rings. The van der Waals surface area contributed by atoms with Gasteiger partial charge < -0.3 is 10.1 Å². The van der Waals surface area contributed by atoms with Gasteiger partial charge in [0.2, 0.25) is 0 Å². The highest BCUT2D eigenvalue weighted by atomic mass is 35.5. The fourth-order valence-corrected chi connectivity index (χ4v) is 3.55. The minimum atomic E-state index is 0.355. The van der Waals surface area contributed by atoms with Gasteiger partial charge in [0.1, 0.15) is 5.75 Å². The molecule has 1 aromatic heterocycles. The van der Waals surface area contributed by atoms with Gasteiger partial charge in [0, 0.05) is 10.9 Å². The van der Waals surface area contributed by atoms with E-state index in [9.17, 15) is 0 Å². The molecular weight excluding hydrogens is 290 g/mol. The van der Waals surface area contributed by atoms with E-state index in [1.54, 1.807) is 18.4 Å². The maximum atomic E-state index is 6.16. The van der Waals surface area contributed by atoms with Crippen molar-refractivity contribution in [2.24, 2.45) is 0 Å². The summed E-state index contributed by atoms with van der Waals surface area (Å²) in [6, 6.07) is 10.8. The molecule has 1 aromatic carbocycles. The number of halogens is 1. The van der Waals surface area contributed by atoms with E-state index < -0.39 is 0 Å². The molecule has 0 saturated carbocycles. The van der Waals surface area contributed by atoms with Gasteiger partial charge in [-0.3, -0.25) is 0 Å². The topological polar surface area (TPSA) is 21.3 Å². The normalized spacial score (nSPS) is 12.4. The van der Waals surface area contributed by atoms with E-state index in [4.69, 9.17) is 16.3 Å². The molecular formula is C16H20ClNOS. The van der Waals surface area contributed by atoms with Crippen molar-refractivity contribution in [3.63, 3.8) is 0 Å². The van der Waals surface area contributed by atoms with E-state index in [1.807, 2.05) is 19.2 Å². The molecule has 2 nitrogen and oxygen atoms in total. The van der Waals surface area contributed by atoms with Gasteiger partial charge in [-0.05, 0) is 56.1 Å². The van der Waals surface area contributed by atoms with Crippen molar-refractivity contribution >= 4 is 22.9 Å². The number of ether oxygens (including phenoxy) is 1. The van der Waals surface area contributed by atoms with Crippen LogP contribution in [0.15, 0.2) is 30.3 Å². The number of nitrogens with one attached hydrogen (secondary N) is 1. The second-order valence-electron chi connectivity index (χ2n) is 4.83. The Hall–Kier alpha value is -1.03. The summed E-state index contributed by atoms with van der Waals surface area (Å²) in [6.45, 7) is 2.05. The molecule has 0 aliphatic rings. The van der Waals surface area contributed by atoms with Gasteiger partial charge in [0.15, 0.2) is 0 Å². The number of hydrogen-bond acceptors (Lipinski definition) is 3. The molecule has 1 unspecified atom stereocenters. The van der Waals surface area contributed by atoms with Gasteiger partial charge in [-0.1, -0.05) is 23.7 Å². The van der Waals surface area contributed by atoms with Crippen molar-refractivity contribution in [3.05, 3.63) is 50.7 Å². The van der Waals surface area contributed by atoms with Gasteiger partial charge >= 0.3 is 0 Å². The molecule has 0 aliphatic heterocycles. The van der Waals surface area contributed by atoms with E-state index in [-0.39, 0.29) is 0 Å². The van der Waals surface area contributed by atoms with Crippen LogP contribution in [-0.4, -0.2) is 14.2 Å². The average Bonchev–Trinajstić information content (AvgIpc) is 2.80. The standard InChI is InChI=1S/C16H20ClNOS/c1-11-10-15(20-16(11)17)14(18-2)9-6-12-4-7-13(19-3)8-5-12/h4-5,7-8,10,14,18H,6,9H2,1-3H3. The van der Waals surface area contributed by atoms with Crippen LogP contribution < -0.4 is 10.1 Å². The van der Waals surface area contributed by atoms with E-state index in [0.717, 1.165) is 28.5 Å². The first-order valence-electron chi connectivity index (χ1n) is 6.70. The second kappa shape index (κ2) is 7.11. The third kappa shape index (κ3) is 3.75. The third-order valence-corrected chi connectivity index (χ3v) is 5.12. The Balaban J connectivity index is 1.99. The van der Waals surface area contributed by atoms with Crippen LogP contribution >= 0.6 is 22.9 Å². The monoisotopic (exact) mass is 309 g/mol. The summed E-state index contributed by atoms with van der Waals surface area (Å²) in [4.78, 5) is 1.31. The molecule has 0 radical (unpaired) electrons. The Labute approximate surface area is 129 Å². The lowest BCUT2D eigenvalue weighted by atomic mass is 10.0. The fourth-order valence-electron chi connectivity index (χ4n) is 2.19. The van der Waals surface area contributed by atoms with Gasteiger partial charge in [-0.2, -0.15) is 0 Å². The SMILES string of the molecule is CNC(CCc1ccc(OC)cc1)c1cc(C)c(Cl)s1. The van der Waals surface area contributed by atoms with Crippen LogP contribution in [0.4, 0.5) is 0 Å². The third-order valence-electron chi connectivity index (χ3n) is 3.45. The summed E-state index contributed by atoms with van der Waals surface area (Å²) < 4.78 is 6.07. The lowest BCUT2D eigenvalue weighted by Crippen LogP contribution is -2.15. The molecule has 20 heavy (non-hydrogen) atoms. The van der Waals surface area contributed by atoms with Crippen molar-refractivity contribution in [2.75, 3.05) is 14.2 Å². The first-order valence-corrected chi connectivity index (χ1v) is 7.89. The van der Waals surface area contributed by atoms with E-state index in [1.165, 1.54) is 10.4 Å². The zero-order valence-electron chi connectivity index (χ0n) is 12.1. The molecule has 1 heterocycles. The summed E-state index contributed by atoms with van der Waals surface area (Å²) in [5, 5.41) is 3.38. The van der Waals surface area contributed by atoms with E-state index >= 15 is 0 Å². The van der Waals surface area contributed by atoms with Gasteiger partial charge in [0.25, 0.3) is 0 Å². The lowest BCUT2D eigenvalue weighted by Gasteiger charge is -2.14. The molecule has 0 spiro atoms. The lowest BCUT2D eigenvalue weighted by molar-refractivity contribution is 0.414. The smallest absolute Gasteiger partial charge is 0.118 e. The predicted molar refractivity (Wildman–Crippen MR) is 87.2 cm³/mol. The van der Waals surface area contributed by atoms with Crippen LogP contribution in [0.2, 0.25) is 4.34 Å². The minimum absolute atomic E-state index is 0.355. The van der Waals surface area contributed by atoms with Crippen LogP contribution in [0, 0.1) is 6.92 Å². The number of methoxy groups -OCH3 is 1. The second-order valence-corrected chi connectivity index (χ2v) is 6.52. The van der Waals surface area contributed by atoms with Crippen molar-refractivity contribution < 1.29 is 4.74 Å². The first-order chi connectivity index (χ1) is 9.63. The summed E-state index contributed by atoms with van der Waals surface area (Å²) in [5.41, 5.74) is 2.49. The highest BCUT2D eigenvalue weighted by Crippen LogP contribution is 2.32. The Morgan fingerprint density at radius 1 is 1.30 bits per heavy atom. The summed E-state index contributed by atoms with van der Waals surface area (Å²) >= 11 is 7.83. The number of hydrogen-bond donors (Lipinski definition) is 1. The first kappa shape index (κ1) is 15.4. The Morgan fingerprint density at radius 2 is 2.00 bits per heavy atom.